The number of hydrogen-bond acceptors (Lipinski definition) is 6. The van der Waals surface area contributed by atoms with E-state index in [-0.39, 0.29) is 17.0 Å². The average molecular weight is 594 g/mol. The molecule has 0 bridgehead atoms. The maximum Gasteiger partial charge on any atom is 0.416 e. The van der Waals surface area contributed by atoms with Crippen molar-refractivity contribution in [2.75, 3.05) is 19.1 Å². The lowest BCUT2D eigenvalue weighted by Gasteiger charge is -2.43. The Morgan fingerprint density at radius 1 is 1.12 bits per heavy atom. The number of alkyl halides is 3. The van der Waals surface area contributed by atoms with Gasteiger partial charge in [-0.1, -0.05) is 12.1 Å². The predicted molar refractivity (Wildman–Crippen MR) is 149 cm³/mol. The van der Waals surface area contributed by atoms with E-state index in [0.717, 1.165) is 35.1 Å². The van der Waals surface area contributed by atoms with E-state index in [9.17, 15) is 28.0 Å². The summed E-state index contributed by atoms with van der Waals surface area (Å²) in [4.78, 5) is 28.1. The van der Waals surface area contributed by atoms with Crippen LogP contribution in [0.2, 0.25) is 0 Å². The average Bonchev–Trinajstić information content (AvgIpc) is 2.99. The van der Waals surface area contributed by atoms with Crippen molar-refractivity contribution in [3.05, 3.63) is 101 Å². The Morgan fingerprint density at radius 2 is 1.81 bits per heavy atom. The molecule has 0 spiro atoms. The molecular weight excluding hydrogens is 565 g/mol. The van der Waals surface area contributed by atoms with E-state index >= 15 is 0 Å². The van der Waals surface area contributed by atoms with Gasteiger partial charge in [0.2, 0.25) is 5.96 Å². The molecule has 2 amide bonds. The first-order chi connectivity index (χ1) is 20.4. The number of halogens is 3. The number of benzene rings is 2. The van der Waals surface area contributed by atoms with Gasteiger partial charge in [0.05, 0.1) is 37.0 Å². The molecule has 43 heavy (non-hydrogen) atoms. The third kappa shape index (κ3) is 6.13. The van der Waals surface area contributed by atoms with Crippen LogP contribution in [0.1, 0.15) is 35.2 Å². The summed E-state index contributed by atoms with van der Waals surface area (Å²) in [6.07, 6.45) is -0.740. The number of aromatic nitrogens is 1. The number of urea groups is 1. The minimum Gasteiger partial charge on any atom is -0.496 e. The first kappa shape index (κ1) is 30.6. The molecule has 0 unspecified atom stereocenters. The van der Waals surface area contributed by atoms with Crippen LogP contribution in [0.4, 0.5) is 23.7 Å². The van der Waals surface area contributed by atoms with Crippen LogP contribution in [0.3, 0.4) is 0 Å². The highest BCUT2D eigenvalue weighted by Crippen LogP contribution is 2.42. The fourth-order valence-electron chi connectivity index (χ4n) is 5.01. The summed E-state index contributed by atoms with van der Waals surface area (Å²) < 4.78 is 52.7. The van der Waals surface area contributed by atoms with Gasteiger partial charge in [-0.05, 0) is 48.4 Å². The van der Waals surface area contributed by atoms with Crippen LogP contribution >= 0.6 is 0 Å². The number of allylic oxidation sites excluding steroid dienone is 1. The summed E-state index contributed by atoms with van der Waals surface area (Å²) in [5.41, 5.74) is 5.92. The Morgan fingerprint density at radius 3 is 2.40 bits per heavy atom. The Bertz CT molecular complexity index is 1650. The van der Waals surface area contributed by atoms with Crippen LogP contribution in [0, 0.1) is 16.7 Å². The zero-order valence-electron chi connectivity index (χ0n) is 23.5. The number of carbonyl (C=O) groups excluding carboxylic acids is 2. The van der Waals surface area contributed by atoms with Crippen molar-refractivity contribution in [2.24, 2.45) is 5.73 Å². The van der Waals surface area contributed by atoms with E-state index in [1.807, 2.05) is 4.57 Å². The SMILES string of the molecule is COC(=O)C1=C(C)N(c2cccc(C(F)(F)F)c2)C(=N)N(C(N)=O)[C@@H]1c1ccc(C#N)cc1CC[n+]1ccc(OC)cc1. The Labute approximate surface area is 245 Å². The van der Waals surface area contributed by atoms with Crippen molar-refractivity contribution in [1.29, 1.82) is 10.7 Å². The molecule has 2 aromatic carbocycles. The summed E-state index contributed by atoms with van der Waals surface area (Å²) in [6.45, 7) is 1.88. The number of guanidine groups is 1. The lowest BCUT2D eigenvalue weighted by molar-refractivity contribution is -0.696. The highest BCUT2D eigenvalue weighted by molar-refractivity contribution is 6.10. The van der Waals surface area contributed by atoms with Crippen LogP contribution in [0.25, 0.3) is 0 Å². The topological polar surface area (TPSA) is 137 Å². The van der Waals surface area contributed by atoms with Gasteiger partial charge >= 0.3 is 18.2 Å². The number of anilines is 1. The van der Waals surface area contributed by atoms with Gasteiger partial charge in [0.1, 0.15) is 11.8 Å². The van der Waals surface area contributed by atoms with Crippen molar-refractivity contribution in [3.8, 4) is 11.8 Å². The maximum atomic E-state index is 13.5. The highest BCUT2D eigenvalue weighted by atomic mass is 19.4. The Hall–Kier alpha value is -5.38. The second-order valence-electron chi connectivity index (χ2n) is 9.56. The number of carbonyl (C=O) groups is 2. The largest absolute Gasteiger partial charge is 0.496 e. The first-order valence-electron chi connectivity index (χ1n) is 12.9. The summed E-state index contributed by atoms with van der Waals surface area (Å²) >= 11 is 0. The summed E-state index contributed by atoms with van der Waals surface area (Å²) in [7, 11) is 2.68. The number of nitrogens with one attached hydrogen (secondary N) is 1. The second-order valence-corrected chi connectivity index (χ2v) is 9.56. The van der Waals surface area contributed by atoms with Gasteiger partial charge in [-0.25, -0.2) is 14.2 Å². The quantitative estimate of drug-likeness (QED) is 0.307. The van der Waals surface area contributed by atoms with Gasteiger partial charge in [0, 0.05) is 29.9 Å². The van der Waals surface area contributed by atoms with Gasteiger partial charge in [0.15, 0.2) is 18.9 Å². The van der Waals surface area contributed by atoms with E-state index in [1.54, 1.807) is 43.8 Å². The molecule has 2 heterocycles. The highest BCUT2D eigenvalue weighted by Gasteiger charge is 2.44. The predicted octanol–water partition coefficient (Wildman–Crippen LogP) is 4.44. The van der Waals surface area contributed by atoms with Gasteiger partial charge < -0.3 is 15.2 Å². The minimum atomic E-state index is -4.68. The van der Waals surface area contributed by atoms with Gasteiger partial charge in [-0.2, -0.15) is 18.4 Å². The summed E-state index contributed by atoms with van der Waals surface area (Å²) in [5, 5.41) is 18.5. The van der Waals surface area contributed by atoms with E-state index in [1.165, 1.54) is 19.1 Å². The number of pyridine rings is 1. The fourth-order valence-corrected chi connectivity index (χ4v) is 5.01. The first-order valence-corrected chi connectivity index (χ1v) is 12.9. The molecule has 0 aliphatic carbocycles. The zero-order chi connectivity index (χ0) is 31.5. The molecule has 13 heteroatoms. The number of amides is 2. The molecule has 1 aliphatic rings. The molecule has 1 atom stereocenters. The van der Waals surface area contributed by atoms with Gasteiger partial charge in [-0.3, -0.25) is 15.2 Å². The smallest absolute Gasteiger partial charge is 0.416 e. The fraction of sp³-hybridized carbons (Fsp3) is 0.233. The number of esters is 1. The molecule has 0 fully saturated rings. The normalized spacial score (nSPS) is 15.3. The molecule has 222 valence electrons. The van der Waals surface area contributed by atoms with E-state index in [0.29, 0.717) is 35.4 Å². The number of ether oxygens (including phenoxy) is 2. The number of methoxy groups -OCH3 is 2. The summed E-state index contributed by atoms with van der Waals surface area (Å²) in [5.74, 6) is -0.783. The lowest BCUT2D eigenvalue weighted by atomic mass is 9.88. The van der Waals surface area contributed by atoms with Crippen LogP contribution in [0.5, 0.6) is 5.75 Å². The number of aryl methyl sites for hydroxylation is 2. The minimum absolute atomic E-state index is 0.0681. The molecule has 1 aromatic heterocycles. The van der Waals surface area contributed by atoms with Gasteiger partial charge in [0.25, 0.3) is 0 Å². The van der Waals surface area contributed by atoms with Crippen molar-refractivity contribution in [3.63, 3.8) is 0 Å². The Kier molecular flexibility index (Phi) is 8.70. The van der Waals surface area contributed by atoms with Crippen molar-refractivity contribution >= 4 is 23.6 Å². The monoisotopic (exact) mass is 593 g/mol. The maximum absolute atomic E-state index is 13.5. The second kappa shape index (κ2) is 12.2. The van der Waals surface area contributed by atoms with Crippen LogP contribution in [0.15, 0.2) is 78.3 Å². The van der Waals surface area contributed by atoms with E-state index in [4.69, 9.17) is 20.6 Å². The van der Waals surface area contributed by atoms with Crippen molar-refractivity contribution in [2.45, 2.75) is 32.1 Å². The van der Waals surface area contributed by atoms with Crippen molar-refractivity contribution < 1.29 is 36.8 Å². The van der Waals surface area contributed by atoms with Gasteiger partial charge in [-0.15, -0.1) is 0 Å². The number of hydrogen-bond donors (Lipinski definition) is 2. The number of rotatable bonds is 7. The molecular formula is C30H28F3N6O4+. The standard InChI is InChI=1S/C30H27F3N6O4/c1-18-25(27(40)43-3)26(39(29(36)41)28(35)38(18)22-6-4-5-21(16-22)30(31,32)33)24-8-7-19(17-34)15-20(24)9-12-37-13-10-23(42-2)11-14-37/h4-8,10-11,13-16,26,35H,9,12H2,1-3H3,(H-,36,41)/p+1/t26-/m1/s1. The number of nitrogens with two attached hydrogens (primary N) is 1. The zero-order valence-corrected chi connectivity index (χ0v) is 23.5. The third-order valence-corrected chi connectivity index (χ3v) is 7.07. The molecule has 10 nitrogen and oxygen atoms in total. The van der Waals surface area contributed by atoms with Crippen LogP contribution in [-0.4, -0.2) is 37.1 Å². The Balaban J connectivity index is 1.90. The van der Waals surface area contributed by atoms with Crippen molar-refractivity contribution in [1.82, 2.24) is 4.90 Å². The van der Waals surface area contributed by atoms with Crippen LogP contribution < -0.4 is 19.9 Å². The molecule has 3 N–H and O–H groups in total. The number of nitrogens with zero attached hydrogens (tertiary/aromatic N) is 4. The third-order valence-electron chi connectivity index (χ3n) is 7.07. The molecule has 0 radical (unpaired) electrons. The summed E-state index contributed by atoms with van der Waals surface area (Å²) in [6, 6.07) is 12.1. The molecule has 0 saturated carbocycles. The molecule has 4 rings (SSSR count). The molecule has 3 aromatic rings. The molecule has 0 saturated heterocycles. The molecule has 1 aliphatic heterocycles. The number of primary amides is 1. The van der Waals surface area contributed by atoms with E-state index < -0.39 is 35.7 Å². The van der Waals surface area contributed by atoms with Crippen LogP contribution in [-0.2, 0) is 28.7 Å². The van der Waals surface area contributed by atoms with E-state index in [2.05, 4.69) is 6.07 Å². The number of nitriles is 1. The lowest BCUT2D eigenvalue weighted by Crippen LogP contribution is -2.55.